The topological polar surface area (TPSA) is 33.4 Å². The maximum atomic E-state index is 13.0. The van der Waals surface area contributed by atoms with Crippen molar-refractivity contribution in [2.45, 2.75) is 12.5 Å². The van der Waals surface area contributed by atoms with Crippen molar-refractivity contribution < 1.29 is 13.9 Å². The first-order valence-electron chi connectivity index (χ1n) is 4.82. The Morgan fingerprint density at radius 3 is 2.88 bits per heavy atom. The van der Waals surface area contributed by atoms with E-state index in [2.05, 4.69) is 0 Å². The molecular weight excluding hydrogens is 231 g/mol. The minimum Gasteiger partial charge on any atom is -0.467 e. The van der Waals surface area contributed by atoms with E-state index in [0.29, 0.717) is 16.3 Å². The van der Waals surface area contributed by atoms with Crippen LogP contribution in [0.1, 0.15) is 17.4 Å². The van der Waals surface area contributed by atoms with Gasteiger partial charge in [-0.15, -0.1) is 0 Å². The summed E-state index contributed by atoms with van der Waals surface area (Å²) in [7, 11) is 0. The average Bonchev–Trinajstić information content (AvgIpc) is 2.76. The minimum absolute atomic E-state index is 0.226. The Kier molecular flexibility index (Phi) is 3.27. The van der Waals surface area contributed by atoms with Gasteiger partial charge < -0.3 is 9.52 Å². The van der Waals surface area contributed by atoms with Crippen molar-refractivity contribution in [3.05, 3.63) is 58.8 Å². The first kappa shape index (κ1) is 11.2. The smallest absolute Gasteiger partial charge is 0.132 e. The second-order valence-corrected chi connectivity index (χ2v) is 3.88. The van der Waals surface area contributed by atoms with Gasteiger partial charge >= 0.3 is 0 Å². The van der Waals surface area contributed by atoms with Gasteiger partial charge in [0.1, 0.15) is 17.7 Å². The van der Waals surface area contributed by atoms with Gasteiger partial charge in [0, 0.05) is 11.4 Å². The van der Waals surface area contributed by atoms with Crippen LogP contribution in [0.4, 0.5) is 4.39 Å². The van der Waals surface area contributed by atoms with Crippen LogP contribution in [0.2, 0.25) is 5.02 Å². The third kappa shape index (κ3) is 2.43. The molecule has 16 heavy (non-hydrogen) atoms. The molecule has 0 fully saturated rings. The first-order chi connectivity index (χ1) is 7.66. The monoisotopic (exact) mass is 240 g/mol. The lowest BCUT2D eigenvalue weighted by Crippen LogP contribution is -2.01. The summed E-state index contributed by atoms with van der Waals surface area (Å²) >= 11 is 5.89. The molecule has 0 saturated carbocycles. The van der Waals surface area contributed by atoms with Crippen molar-refractivity contribution in [3.8, 4) is 0 Å². The second kappa shape index (κ2) is 4.68. The summed E-state index contributed by atoms with van der Waals surface area (Å²) in [5, 5.41) is 10.2. The number of aliphatic hydroxyl groups is 1. The zero-order valence-corrected chi connectivity index (χ0v) is 9.12. The number of aliphatic hydroxyl groups excluding tert-OH is 1. The maximum absolute atomic E-state index is 13.0. The molecule has 1 N–H and O–H groups in total. The predicted molar refractivity (Wildman–Crippen MR) is 58.8 cm³/mol. The molecule has 0 amide bonds. The highest BCUT2D eigenvalue weighted by Crippen LogP contribution is 2.24. The first-order valence-corrected chi connectivity index (χ1v) is 5.20. The Morgan fingerprint density at radius 2 is 2.19 bits per heavy atom. The van der Waals surface area contributed by atoms with E-state index in [1.54, 1.807) is 12.1 Å². The van der Waals surface area contributed by atoms with E-state index < -0.39 is 6.10 Å². The molecule has 0 spiro atoms. The molecule has 84 valence electrons. The fourth-order valence-corrected chi connectivity index (χ4v) is 1.68. The predicted octanol–water partition coefficient (Wildman–Crippen LogP) is 3.35. The molecule has 0 aliphatic carbocycles. The maximum Gasteiger partial charge on any atom is 0.132 e. The van der Waals surface area contributed by atoms with Crippen molar-refractivity contribution in [2.75, 3.05) is 0 Å². The van der Waals surface area contributed by atoms with Gasteiger partial charge in [-0.05, 0) is 35.9 Å². The van der Waals surface area contributed by atoms with Crippen LogP contribution in [-0.4, -0.2) is 5.11 Å². The van der Waals surface area contributed by atoms with Gasteiger partial charge in [-0.3, -0.25) is 0 Å². The lowest BCUT2D eigenvalue weighted by Gasteiger charge is -2.09. The Balaban J connectivity index is 2.17. The summed E-state index contributed by atoms with van der Waals surface area (Å²) in [4.78, 5) is 0. The number of hydrogen-bond acceptors (Lipinski definition) is 2. The number of rotatable bonds is 3. The summed E-state index contributed by atoms with van der Waals surface area (Å²) in [6.07, 6.45) is 0.893. The molecule has 2 rings (SSSR count). The molecule has 0 aliphatic rings. The van der Waals surface area contributed by atoms with Crippen LogP contribution in [0.25, 0.3) is 0 Å². The molecular formula is C12H10ClFO2. The summed E-state index contributed by atoms with van der Waals surface area (Å²) in [5.41, 5.74) is 0.561. The molecule has 0 aliphatic heterocycles. The Morgan fingerprint density at radius 1 is 1.38 bits per heavy atom. The van der Waals surface area contributed by atoms with E-state index in [1.807, 2.05) is 0 Å². The van der Waals surface area contributed by atoms with E-state index in [0.717, 1.165) is 0 Å². The lowest BCUT2D eigenvalue weighted by molar-refractivity contribution is 0.150. The van der Waals surface area contributed by atoms with Crippen molar-refractivity contribution in [2.24, 2.45) is 0 Å². The molecule has 1 unspecified atom stereocenters. The van der Waals surface area contributed by atoms with Gasteiger partial charge in [0.2, 0.25) is 0 Å². The fraction of sp³-hybridized carbons (Fsp3) is 0.167. The van der Waals surface area contributed by atoms with Crippen LogP contribution in [0.5, 0.6) is 0 Å². The number of hydrogen-bond donors (Lipinski definition) is 1. The van der Waals surface area contributed by atoms with Crippen molar-refractivity contribution in [3.63, 3.8) is 0 Å². The highest BCUT2D eigenvalue weighted by Gasteiger charge is 2.13. The zero-order valence-electron chi connectivity index (χ0n) is 8.36. The SMILES string of the molecule is OC(Cc1cc(F)ccc1Cl)c1ccco1. The Bertz CT molecular complexity index is 468. The minimum atomic E-state index is -0.811. The van der Waals surface area contributed by atoms with Crippen LogP contribution in [-0.2, 0) is 6.42 Å². The van der Waals surface area contributed by atoms with Crippen LogP contribution in [0.15, 0.2) is 41.0 Å². The quantitative estimate of drug-likeness (QED) is 0.893. The van der Waals surface area contributed by atoms with Crippen molar-refractivity contribution >= 4 is 11.6 Å². The van der Waals surface area contributed by atoms with Gasteiger partial charge in [-0.2, -0.15) is 0 Å². The second-order valence-electron chi connectivity index (χ2n) is 3.47. The van der Waals surface area contributed by atoms with Gasteiger partial charge in [0.05, 0.1) is 6.26 Å². The van der Waals surface area contributed by atoms with E-state index in [9.17, 15) is 9.50 Å². The van der Waals surface area contributed by atoms with Crippen LogP contribution in [0.3, 0.4) is 0 Å². The molecule has 0 radical (unpaired) electrons. The van der Waals surface area contributed by atoms with Gasteiger partial charge in [-0.25, -0.2) is 4.39 Å². The van der Waals surface area contributed by atoms with Gasteiger partial charge in [0.25, 0.3) is 0 Å². The lowest BCUT2D eigenvalue weighted by atomic mass is 10.1. The molecule has 0 saturated heterocycles. The Labute approximate surface area is 97.3 Å². The van der Waals surface area contributed by atoms with Crippen molar-refractivity contribution in [1.29, 1.82) is 0 Å². The normalized spacial score (nSPS) is 12.7. The van der Waals surface area contributed by atoms with E-state index in [-0.39, 0.29) is 12.2 Å². The summed E-state index contributed by atoms with van der Waals surface area (Å²) in [6.45, 7) is 0. The third-order valence-electron chi connectivity index (χ3n) is 2.29. The molecule has 2 aromatic rings. The molecule has 1 aromatic heterocycles. The summed E-state index contributed by atoms with van der Waals surface area (Å²) in [5.74, 6) is 0.0753. The highest BCUT2D eigenvalue weighted by atomic mass is 35.5. The largest absolute Gasteiger partial charge is 0.467 e. The zero-order chi connectivity index (χ0) is 11.5. The summed E-state index contributed by atoms with van der Waals surface area (Å²) in [6, 6.07) is 7.42. The number of furan rings is 1. The molecule has 1 heterocycles. The molecule has 1 atom stereocenters. The highest BCUT2D eigenvalue weighted by molar-refractivity contribution is 6.31. The van der Waals surface area contributed by atoms with E-state index in [4.69, 9.17) is 16.0 Å². The van der Waals surface area contributed by atoms with E-state index in [1.165, 1.54) is 24.5 Å². The molecule has 0 bridgehead atoms. The number of benzene rings is 1. The average molecular weight is 241 g/mol. The molecule has 1 aromatic carbocycles. The summed E-state index contributed by atoms with van der Waals surface area (Å²) < 4.78 is 18.0. The van der Waals surface area contributed by atoms with Crippen molar-refractivity contribution in [1.82, 2.24) is 0 Å². The molecule has 2 nitrogen and oxygen atoms in total. The fourth-order valence-electron chi connectivity index (χ4n) is 1.49. The van der Waals surface area contributed by atoms with Crippen LogP contribution in [0, 0.1) is 5.82 Å². The van der Waals surface area contributed by atoms with E-state index >= 15 is 0 Å². The Hall–Kier alpha value is -1.32. The van der Waals surface area contributed by atoms with Crippen LogP contribution < -0.4 is 0 Å². The third-order valence-corrected chi connectivity index (χ3v) is 2.66. The van der Waals surface area contributed by atoms with Gasteiger partial charge in [0.15, 0.2) is 0 Å². The van der Waals surface area contributed by atoms with Crippen LogP contribution >= 0.6 is 11.6 Å². The number of halogens is 2. The standard InChI is InChI=1S/C12H10ClFO2/c13-10-4-3-9(14)6-8(10)7-11(15)12-2-1-5-16-12/h1-6,11,15H,7H2. The molecule has 4 heteroatoms. The van der Waals surface area contributed by atoms with Gasteiger partial charge in [-0.1, -0.05) is 11.6 Å².